The van der Waals surface area contributed by atoms with Gasteiger partial charge in [-0.1, -0.05) is 42.5 Å². The number of anilines is 1. The quantitative estimate of drug-likeness (QED) is 0.331. The molecule has 0 aliphatic heterocycles. The fraction of sp³-hybridized carbons (Fsp3) is 0.179. The molecule has 0 saturated carbocycles. The molecule has 2 aromatic carbocycles. The molecule has 0 aliphatic carbocycles. The molecule has 5 rings (SSSR count). The van der Waals surface area contributed by atoms with E-state index in [4.69, 9.17) is 4.42 Å². The van der Waals surface area contributed by atoms with Gasteiger partial charge in [0.1, 0.15) is 23.9 Å². The van der Waals surface area contributed by atoms with E-state index in [1.165, 1.54) is 0 Å². The van der Waals surface area contributed by atoms with Crippen LogP contribution >= 0.6 is 0 Å². The second kappa shape index (κ2) is 10.9. The van der Waals surface area contributed by atoms with E-state index in [0.717, 1.165) is 11.1 Å². The highest BCUT2D eigenvalue weighted by Gasteiger charge is 2.34. The van der Waals surface area contributed by atoms with Crippen molar-refractivity contribution < 1.29 is 14.0 Å². The summed E-state index contributed by atoms with van der Waals surface area (Å²) in [5.41, 5.74) is 3.67. The van der Waals surface area contributed by atoms with E-state index in [9.17, 15) is 9.59 Å². The molecule has 3 heterocycles. The van der Waals surface area contributed by atoms with Gasteiger partial charge in [-0.2, -0.15) is 0 Å². The van der Waals surface area contributed by atoms with E-state index < -0.39 is 6.04 Å². The maximum Gasteiger partial charge on any atom is 0.249 e. The summed E-state index contributed by atoms with van der Waals surface area (Å²) in [6.07, 6.45) is 5.46. The summed E-state index contributed by atoms with van der Waals surface area (Å²) < 4.78 is 6.94. The fourth-order valence-electron chi connectivity index (χ4n) is 4.35. The number of nitrogens with one attached hydrogen (secondary N) is 1. The number of carbonyl (C=O) groups excluding carboxylic acids is 2. The highest BCUT2D eigenvalue weighted by molar-refractivity contribution is 6.02. The molecule has 1 N–H and O–H groups in total. The van der Waals surface area contributed by atoms with E-state index in [-0.39, 0.29) is 24.9 Å². The molecule has 0 saturated heterocycles. The number of carbonyl (C=O) groups is 2. The van der Waals surface area contributed by atoms with Gasteiger partial charge in [0.25, 0.3) is 0 Å². The normalized spacial score (nSPS) is 11.8. The van der Waals surface area contributed by atoms with Crippen LogP contribution in [0.15, 0.2) is 95.9 Å². The summed E-state index contributed by atoms with van der Waals surface area (Å²) in [4.78, 5) is 33.5. The summed E-state index contributed by atoms with van der Waals surface area (Å²) in [6, 6.07) is 21.2. The Morgan fingerprint density at radius 2 is 1.78 bits per heavy atom. The molecule has 0 radical (unpaired) electrons. The summed E-state index contributed by atoms with van der Waals surface area (Å²) in [6.45, 7) is 2.12. The number of aryl methyl sites for hydroxylation is 1. The lowest BCUT2D eigenvalue weighted by atomic mass is 10.0. The van der Waals surface area contributed by atoms with Crippen LogP contribution in [0.1, 0.15) is 29.9 Å². The molecule has 0 bridgehead atoms. The third kappa shape index (κ3) is 5.11. The van der Waals surface area contributed by atoms with Crippen LogP contribution in [0.3, 0.4) is 0 Å². The molecule has 37 heavy (non-hydrogen) atoms. The summed E-state index contributed by atoms with van der Waals surface area (Å²) >= 11 is 0. The third-order valence-corrected chi connectivity index (χ3v) is 6.15. The van der Waals surface area contributed by atoms with Gasteiger partial charge >= 0.3 is 0 Å². The summed E-state index contributed by atoms with van der Waals surface area (Å²) in [5.74, 6) is -0.0282. The Labute approximate surface area is 213 Å². The highest BCUT2D eigenvalue weighted by atomic mass is 16.3. The monoisotopic (exact) mass is 494 g/mol. The maximum absolute atomic E-state index is 14.1. The minimum Gasteiger partial charge on any atom is -0.467 e. The lowest BCUT2D eigenvalue weighted by molar-refractivity contribution is -0.127. The molecule has 1 atom stereocenters. The van der Waals surface area contributed by atoms with E-state index in [2.05, 4.69) is 20.6 Å². The Bertz CT molecular complexity index is 1500. The van der Waals surface area contributed by atoms with Crippen molar-refractivity contribution >= 4 is 28.5 Å². The molecule has 2 amide bonds. The first-order valence-corrected chi connectivity index (χ1v) is 12.0. The summed E-state index contributed by atoms with van der Waals surface area (Å²) in [7, 11) is 0. The summed E-state index contributed by atoms with van der Waals surface area (Å²) in [5, 5.41) is 11.3. The Morgan fingerprint density at radius 3 is 2.57 bits per heavy atom. The zero-order chi connectivity index (χ0) is 25.6. The number of amides is 2. The molecule has 9 heteroatoms. The van der Waals surface area contributed by atoms with Crippen molar-refractivity contribution in [2.45, 2.75) is 32.5 Å². The van der Waals surface area contributed by atoms with E-state index >= 15 is 0 Å². The number of benzene rings is 2. The van der Waals surface area contributed by atoms with Crippen LogP contribution in [0, 0.1) is 0 Å². The van der Waals surface area contributed by atoms with Crippen molar-refractivity contribution in [2.75, 3.05) is 4.90 Å². The zero-order valence-corrected chi connectivity index (χ0v) is 20.3. The van der Waals surface area contributed by atoms with Crippen molar-refractivity contribution in [3.8, 4) is 0 Å². The van der Waals surface area contributed by atoms with E-state index in [1.807, 2.05) is 55.5 Å². The highest BCUT2D eigenvalue weighted by Crippen LogP contribution is 2.31. The smallest absolute Gasteiger partial charge is 0.249 e. The van der Waals surface area contributed by atoms with Crippen LogP contribution in [0.5, 0.6) is 0 Å². The molecule has 186 valence electrons. The molecule has 9 nitrogen and oxygen atoms in total. The molecule has 0 unspecified atom stereocenters. The Morgan fingerprint density at radius 1 is 1.00 bits per heavy atom. The molecule has 3 aromatic heterocycles. The van der Waals surface area contributed by atoms with Crippen LogP contribution in [-0.2, 0) is 29.1 Å². The van der Waals surface area contributed by atoms with Gasteiger partial charge in [-0.25, -0.2) is 4.68 Å². The van der Waals surface area contributed by atoms with Crippen molar-refractivity contribution in [1.82, 2.24) is 25.3 Å². The fourth-order valence-corrected chi connectivity index (χ4v) is 4.35. The lowest BCUT2D eigenvalue weighted by Gasteiger charge is -2.32. The molecular formula is C28H26N6O3. The Kier molecular flexibility index (Phi) is 7.02. The van der Waals surface area contributed by atoms with Gasteiger partial charge in [0, 0.05) is 18.1 Å². The first kappa shape index (κ1) is 23.9. The first-order valence-electron chi connectivity index (χ1n) is 12.0. The first-order chi connectivity index (χ1) is 18.2. The van der Waals surface area contributed by atoms with Gasteiger partial charge in [0.15, 0.2) is 0 Å². The number of furan rings is 1. The van der Waals surface area contributed by atoms with Gasteiger partial charge in [-0.05, 0) is 60.0 Å². The number of pyridine rings is 1. The van der Waals surface area contributed by atoms with Crippen LogP contribution in [0.2, 0.25) is 0 Å². The van der Waals surface area contributed by atoms with Gasteiger partial charge in [0.05, 0.1) is 18.3 Å². The minimum absolute atomic E-state index is 0.0917. The van der Waals surface area contributed by atoms with Gasteiger partial charge in [-0.15, -0.1) is 5.10 Å². The van der Waals surface area contributed by atoms with Crippen LogP contribution in [0.4, 0.5) is 5.69 Å². The van der Waals surface area contributed by atoms with E-state index in [0.29, 0.717) is 28.9 Å². The maximum atomic E-state index is 14.1. The van der Waals surface area contributed by atoms with Crippen molar-refractivity contribution in [3.63, 3.8) is 0 Å². The lowest BCUT2D eigenvalue weighted by Crippen LogP contribution is -2.45. The van der Waals surface area contributed by atoms with Crippen molar-refractivity contribution in [3.05, 3.63) is 108 Å². The van der Waals surface area contributed by atoms with Crippen LogP contribution in [0.25, 0.3) is 11.0 Å². The van der Waals surface area contributed by atoms with Crippen molar-refractivity contribution in [2.24, 2.45) is 0 Å². The van der Waals surface area contributed by atoms with Crippen molar-refractivity contribution in [1.29, 1.82) is 0 Å². The van der Waals surface area contributed by atoms with E-state index in [1.54, 1.807) is 52.5 Å². The predicted octanol–water partition coefficient (Wildman–Crippen LogP) is 4.07. The number of fused-ring (bicyclic) bond motifs is 1. The Balaban J connectivity index is 1.57. The number of hydrogen-bond acceptors (Lipinski definition) is 6. The second-order valence-corrected chi connectivity index (χ2v) is 8.46. The topological polar surface area (TPSA) is 106 Å². The van der Waals surface area contributed by atoms with Crippen LogP contribution in [-0.4, -0.2) is 31.8 Å². The minimum atomic E-state index is -0.951. The molecule has 0 fully saturated rings. The SMILES string of the molecule is CCc1ccccc1N(C(=O)Cn1nnc2ccccc21)[C@H](C(=O)NCc1ccco1)c1ccncc1. The number of hydrogen-bond donors (Lipinski definition) is 1. The Hall–Kier alpha value is -4.79. The average molecular weight is 495 g/mol. The van der Waals surface area contributed by atoms with Gasteiger partial charge in [0.2, 0.25) is 11.8 Å². The second-order valence-electron chi connectivity index (χ2n) is 8.46. The predicted molar refractivity (Wildman–Crippen MR) is 138 cm³/mol. The molecular weight excluding hydrogens is 468 g/mol. The molecule has 5 aromatic rings. The number of para-hydroxylation sites is 2. The third-order valence-electron chi connectivity index (χ3n) is 6.15. The van der Waals surface area contributed by atoms with Gasteiger partial charge < -0.3 is 9.73 Å². The standard InChI is InChI=1S/C28H26N6O3/c1-2-20-8-3-5-11-24(20)34(26(35)19-33-25-12-6-4-10-23(25)31-32-33)27(21-13-15-29-16-14-21)28(36)30-18-22-9-7-17-37-22/h3-17,27H,2,18-19H2,1H3,(H,30,36)/t27-/m0/s1. The number of rotatable bonds is 9. The van der Waals surface area contributed by atoms with Crippen LogP contribution < -0.4 is 10.2 Å². The largest absolute Gasteiger partial charge is 0.467 e. The molecule has 0 aliphatic rings. The zero-order valence-electron chi connectivity index (χ0n) is 20.3. The number of aromatic nitrogens is 4. The number of nitrogens with zero attached hydrogens (tertiary/aromatic N) is 5. The molecule has 0 spiro atoms. The average Bonchev–Trinajstić information content (AvgIpc) is 3.61. The van der Waals surface area contributed by atoms with Gasteiger partial charge in [-0.3, -0.25) is 19.5 Å².